The van der Waals surface area contributed by atoms with Gasteiger partial charge in [-0.2, -0.15) is 0 Å². The van der Waals surface area contributed by atoms with E-state index in [4.69, 9.17) is 4.74 Å². The molecule has 0 spiro atoms. The van der Waals surface area contributed by atoms with Crippen molar-refractivity contribution in [1.82, 2.24) is 15.2 Å². The molecule has 2 rings (SSSR count). The number of amides is 2. The van der Waals surface area contributed by atoms with E-state index >= 15 is 0 Å². The van der Waals surface area contributed by atoms with Crippen molar-refractivity contribution in [3.63, 3.8) is 0 Å². The lowest BCUT2D eigenvalue weighted by Gasteiger charge is -2.17. The third-order valence-electron chi connectivity index (χ3n) is 4.42. The maximum Gasteiger partial charge on any atom is 0.279 e. The van der Waals surface area contributed by atoms with Crippen LogP contribution in [0.5, 0.6) is 5.75 Å². The van der Waals surface area contributed by atoms with Crippen LogP contribution in [-0.4, -0.2) is 44.7 Å². The monoisotopic (exact) mass is 419 g/mol. The van der Waals surface area contributed by atoms with Gasteiger partial charge < -0.3 is 4.74 Å². The Bertz CT molecular complexity index is 1000. The molecule has 0 aliphatic rings. The second kappa shape index (κ2) is 9.06. The predicted octanol–water partition coefficient (Wildman–Crippen LogP) is 1.78. The van der Waals surface area contributed by atoms with Crippen molar-refractivity contribution in [1.29, 1.82) is 0 Å². The molecule has 2 aromatic carbocycles. The van der Waals surface area contributed by atoms with Crippen LogP contribution in [0.25, 0.3) is 0 Å². The van der Waals surface area contributed by atoms with E-state index in [1.165, 1.54) is 38.4 Å². The number of nitrogens with zero attached hydrogens (tertiary/aromatic N) is 1. The van der Waals surface area contributed by atoms with Crippen molar-refractivity contribution >= 4 is 21.8 Å². The number of benzene rings is 2. The zero-order valence-electron chi connectivity index (χ0n) is 17.0. The van der Waals surface area contributed by atoms with Gasteiger partial charge in [-0.05, 0) is 62.2 Å². The highest BCUT2D eigenvalue weighted by Crippen LogP contribution is 2.21. The fourth-order valence-electron chi connectivity index (χ4n) is 2.38. The minimum Gasteiger partial charge on any atom is -0.481 e. The molecule has 1 atom stereocenters. The zero-order chi connectivity index (χ0) is 21.8. The minimum absolute atomic E-state index is 0.0682. The number of aryl methyl sites for hydroxylation is 1. The first-order chi connectivity index (χ1) is 13.5. The fourth-order valence-corrected chi connectivity index (χ4v) is 3.28. The van der Waals surface area contributed by atoms with Crippen LogP contribution in [0.3, 0.4) is 0 Å². The number of rotatable bonds is 6. The van der Waals surface area contributed by atoms with Crippen molar-refractivity contribution in [2.24, 2.45) is 0 Å². The summed E-state index contributed by atoms with van der Waals surface area (Å²) < 4.78 is 30.9. The van der Waals surface area contributed by atoms with Crippen LogP contribution in [0.4, 0.5) is 0 Å². The number of carbonyl (C=O) groups excluding carboxylic acids is 2. The number of nitrogens with one attached hydrogen (secondary N) is 2. The van der Waals surface area contributed by atoms with E-state index in [1.807, 2.05) is 26.0 Å². The lowest BCUT2D eigenvalue weighted by atomic mass is 10.1. The number of hydrazine groups is 1. The van der Waals surface area contributed by atoms with Crippen molar-refractivity contribution in [2.45, 2.75) is 31.8 Å². The van der Waals surface area contributed by atoms with Crippen LogP contribution in [0, 0.1) is 13.8 Å². The molecule has 9 heteroatoms. The Labute approximate surface area is 170 Å². The molecule has 0 fully saturated rings. The van der Waals surface area contributed by atoms with Gasteiger partial charge in [0.1, 0.15) is 5.75 Å². The summed E-state index contributed by atoms with van der Waals surface area (Å²) in [5.74, 6) is -0.506. The van der Waals surface area contributed by atoms with Crippen LogP contribution < -0.4 is 15.6 Å². The summed E-state index contributed by atoms with van der Waals surface area (Å²) in [7, 11) is -0.730. The Kier molecular flexibility index (Phi) is 6.99. The molecule has 29 heavy (non-hydrogen) atoms. The third-order valence-corrected chi connectivity index (χ3v) is 6.25. The van der Waals surface area contributed by atoms with E-state index in [2.05, 4.69) is 10.9 Å². The van der Waals surface area contributed by atoms with Gasteiger partial charge in [0, 0.05) is 19.7 Å². The van der Waals surface area contributed by atoms with E-state index in [0.717, 1.165) is 15.4 Å². The number of sulfonamides is 1. The first kappa shape index (κ1) is 22.4. The predicted molar refractivity (Wildman–Crippen MR) is 109 cm³/mol. The largest absolute Gasteiger partial charge is 0.481 e. The van der Waals surface area contributed by atoms with Crippen molar-refractivity contribution in [3.8, 4) is 5.75 Å². The third kappa shape index (κ3) is 5.33. The maximum atomic E-state index is 12.2. The van der Waals surface area contributed by atoms with Crippen LogP contribution in [0.15, 0.2) is 47.4 Å². The molecule has 0 bridgehead atoms. The summed E-state index contributed by atoms with van der Waals surface area (Å²) >= 11 is 0. The molecule has 2 N–H and O–H groups in total. The van der Waals surface area contributed by atoms with Gasteiger partial charge in [0.2, 0.25) is 10.0 Å². The lowest BCUT2D eigenvalue weighted by molar-refractivity contribution is -0.128. The first-order valence-corrected chi connectivity index (χ1v) is 10.3. The molecule has 2 aromatic rings. The topological polar surface area (TPSA) is 105 Å². The second-order valence-corrected chi connectivity index (χ2v) is 8.87. The summed E-state index contributed by atoms with van der Waals surface area (Å²) in [4.78, 5) is 24.5. The molecule has 0 saturated carbocycles. The van der Waals surface area contributed by atoms with Crippen LogP contribution in [-0.2, 0) is 14.8 Å². The van der Waals surface area contributed by atoms with Gasteiger partial charge in [-0.25, -0.2) is 12.7 Å². The molecule has 0 aliphatic carbocycles. The molecule has 0 saturated heterocycles. The van der Waals surface area contributed by atoms with Gasteiger partial charge in [-0.1, -0.05) is 12.1 Å². The van der Waals surface area contributed by atoms with Crippen LogP contribution in [0.2, 0.25) is 0 Å². The molecule has 2 amide bonds. The summed E-state index contributed by atoms with van der Waals surface area (Å²) in [6, 6.07) is 11.0. The van der Waals surface area contributed by atoms with Crippen molar-refractivity contribution < 1.29 is 22.7 Å². The fraction of sp³-hybridized carbons (Fsp3) is 0.300. The van der Waals surface area contributed by atoms with Crippen LogP contribution >= 0.6 is 0 Å². The van der Waals surface area contributed by atoms with Gasteiger partial charge in [0.05, 0.1) is 4.90 Å². The number of carbonyl (C=O) groups is 2. The molecule has 0 aliphatic heterocycles. The van der Waals surface area contributed by atoms with E-state index in [9.17, 15) is 18.0 Å². The summed E-state index contributed by atoms with van der Waals surface area (Å²) in [5, 5.41) is 0. The lowest BCUT2D eigenvalue weighted by Crippen LogP contribution is -2.47. The number of ether oxygens (including phenoxy) is 1. The van der Waals surface area contributed by atoms with Crippen LogP contribution in [0.1, 0.15) is 28.4 Å². The Morgan fingerprint density at radius 3 is 2.21 bits per heavy atom. The van der Waals surface area contributed by atoms with Gasteiger partial charge >= 0.3 is 0 Å². The molecule has 0 unspecified atom stereocenters. The summed E-state index contributed by atoms with van der Waals surface area (Å²) in [5.41, 5.74) is 6.78. The van der Waals surface area contributed by atoms with Gasteiger partial charge in [0.15, 0.2) is 6.10 Å². The molecule has 0 heterocycles. The Balaban J connectivity index is 1.96. The first-order valence-electron chi connectivity index (χ1n) is 8.89. The molecule has 156 valence electrons. The Morgan fingerprint density at radius 1 is 1.00 bits per heavy atom. The SMILES string of the molecule is Cc1cccc(O[C@H](C)C(=O)NNC(=O)c2ccc(S(=O)(=O)N(C)C)cc2)c1C. The van der Waals surface area contributed by atoms with E-state index in [-0.39, 0.29) is 10.5 Å². The van der Waals surface area contributed by atoms with Crippen molar-refractivity contribution in [3.05, 3.63) is 59.2 Å². The summed E-state index contributed by atoms with van der Waals surface area (Å²) in [6.45, 7) is 5.42. The van der Waals surface area contributed by atoms with E-state index in [0.29, 0.717) is 5.75 Å². The quantitative estimate of drug-likeness (QED) is 0.695. The second-order valence-electron chi connectivity index (χ2n) is 6.71. The molecular weight excluding hydrogens is 394 g/mol. The molecule has 8 nitrogen and oxygen atoms in total. The van der Waals surface area contributed by atoms with E-state index < -0.39 is 27.9 Å². The standard InChI is InChI=1S/C20H25N3O5S/c1-13-7-6-8-18(14(13)2)28-15(3)19(24)21-22-20(25)16-9-11-17(12-10-16)29(26,27)23(4)5/h6-12,15H,1-5H3,(H,21,24)(H,22,25)/t15-/m1/s1. The molecular formula is C20H25N3O5S. The Morgan fingerprint density at radius 2 is 1.62 bits per heavy atom. The highest BCUT2D eigenvalue weighted by molar-refractivity contribution is 7.89. The zero-order valence-corrected chi connectivity index (χ0v) is 17.8. The normalized spacial score (nSPS) is 12.3. The molecule has 0 radical (unpaired) electrons. The van der Waals surface area contributed by atoms with Crippen molar-refractivity contribution in [2.75, 3.05) is 14.1 Å². The summed E-state index contributed by atoms with van der Waals surface area (Å²) in [6.07, 6.45) is -0.830. The molecule has 0 aromatic heterocycles. The highest BCUT2D eigenvalue weighted by atomic mass is 32.2. The smallest absolute Gasteiger partial charge is 0.279 e. The number of hydrogen-bond acceptors (Lipinski definition) is 5. The average molecular weight is 420 g/mol. The minimum atomic E-state index is -3.58. The average Bonchev–Trinajstić information content (AvgIpc) is 2.69. The Hall–Kier alpha value is -2.91. The van der Waals surface area contributed by atoms with E-state index in [1.54, 1.807) is 13.0 Å². The van der Waals surface area contributed by atoms with Gasteiger partial charge in [-0.15, -0.1) is 0 Å². The van der Waals surface area contributed by atoms with Gasteiger partial charge in [-0.3, -0.25) is 20.4 Å². The highest BCUT2D eigenvalue weighted by Gasteiger charge is 2.19. The maximum absolute atomic E-state index is 12.2. The number of hydrogen-bond donors (Lipinski definition) is 2. The van der Waals surface area contributed by atoms with Gasteiger partial charge in [0.25, 0.3) is 11.8 Å².